The van der Waals surface area contributed by atoms with E-state index in [-0.39, 0.29) is 46.9 Å². The normalized spacial score (nSPS) is 16.5. The molecular weight excluding hydrogens is 526 g/mol. The summed E-state index contributed by atoms with van der Waals surface area (Å²) in [6.45, 7) is 2.32. The van der Waals surface area contributed by atoms with Gasteiger partial charge in [0.1, 0.15) is 11.6 Å². The number of rotatable bonds is 12. The van der Waals surface area contributed by atoms with Gasteiger partial charge in [-0.15, -0.1) is 0 Å². The third kappa shape index (κ3) is 8.78. The highest BCUT2D eigenvalue weighted by Gasteiger charge is 2.29. The first-order chi connectivity index (χ1) is 19.8. The molecule has 0 saturated carbocycles. The van der Waals surface area contributed by atoms with Crippen LogP contribution in [0.2, 0.25) is 0 Å². The van der Waals surface area contributed by atoms with Crippen molar-refractivity contribution in [3.8, 4) is 0 Å². The van der Waals surface area contributed by atoms with Crippen LogP contribution in [0.25, 0.3) is 0 Å². The lowest BCUT2D eigenvalue weighted by atomic mass is 9.88. The van der Waals surface area contributed by atoms with E-state index >= 15 is 0 Å². The third-order valence-corrected chi connectivity index (χ3v) is 8.48. The molecule has 2 amide bonds. The number of piperidine rings is 2. The minimum Gasteiger partial charge on any atom is -0.343 e. The molecule has 6 nitrogen and oxygen atoms in total. The summed E-state index contributed by atoms with van der Waals surface area (Å²) in [5.74, 6) is -0.646. The van der Waals surface area contributed by atoms with Crippen LogP contribution in [0.15, 0.2) is 48.5 Å². The van der Waals surface area contributed by atoms with Crippen LogP contribution >= 0.6 is 0 Å². The maximum atomic E-state index is 13.1. The molecule has 2 aliphatic heterocycles. The van der Waals surface area contributed by atoms with Crippen LogP contribution in [0, 0.1) is 23.5 Å². The standard InChI is InChI=1S/C33H40F2N2O4/c34-28-12-8-24(9-13-28)32(40)26-16-20-36(21-17-26)30(38)6-4-2-1-3-5-7-31(39)37-22-18-27(19-23-37)33(41)25-10-14-29(35)15-11-25/h8-15,26-27H,1-7,16-23H2. The van der Waals surface area contributed by atoms with Crippen molar-refractivity contribution in [3.05, 3.63) is 71.3 Å². The smallest absolute Gasteiger partial charge is 0.222 e. The van der Waals surface area contributed by atoms with Gasteiger partial charge in [-0.05, 0) is 87.1 Å². The maximum absolute atomic E-state index is 13.1. The first-order valence-electron chi connectivity index (χ1n) is 15.0. The van der Waals surface area contributed by atoms with Crippen LogP contribution in [0.1, 0.15) is 91.3 Å². The first-order valence-corrected chi connectivity index (χ1v) is 15.0. The van der Waals surface area contributed by atoms with Crippen LogP contribution in [-0.2, 0) is 9.59 Å². The predicted octanol–water partition coefficient (Wildman–Crippen LogP) is 6.24. The number of benzene rings is 2. The summed E-state index contributed by atoms with van der Waals surface area (Å²) in [6.07, 6.45) is 8.04. The minimum atomic E-state index is -0.359. The Morgan fingerprint density at radius 1 is 0.537 bits per heavy atom. The molecular formula is C33H40F2N2O4. The summed E-state index contributed by atoms with van der Waals surface area (Å²) in [5, 5.41) is 0. The summed E-state index contributed by atoms with van der Waals surface area (Å²) in [6, 6.07) is 11.3. The zero-order valence-corrected chi connectivity index (χ0v) is 23.7. The van der Waals surface area contributed by atoms with Crippen LogP contribution < -0.4 is 0 Å². The van der Waals surface area contributed by atoms with Gasteiger partial charge in [0.25, 0.3) is 0 Å². The average Bonchev–Trinajstić information content (AvgIpc) is 3.00. The summed E-state index contributed by atoms with van der Waals surface area (Å²) < 4.78 is 26.2. The summed E-state index contributed by atoms with van der Waals surface area (Å²) in [5.41, 5.74) is 1.05. The zero-order valence-electron chi connectivity index (χ0n) is 23.7. The van der Waals surface area contributed by atoms with Gasteiger partial charge in [0.05, 0.1) is 0 Å². The van der Waals surface area contributed by atoms with Crippen LogP contribution in [-0.4, -0.2) is 59.4 Å². The predicted molar refractivity (Wildman–Crippen MR) is 152 cm³/mol. The molecule has 0 N–H and O–H groups in total. The van der Waals surface area contributed by atoms with Gasteiger partial charge in [-0.2, -0.15) is 0 Å². The molecule has 2 aromatic carbocycles. The Bertz CT molecular complexity index is 1090. The van der Waals surface area contributed by atoms with Crippen molar-refractivity contribution in [3.63, 3.8) is 0 Å². The zero-order chi connectivity index (χ0) is 29.2. The fourth-order valence-electron chi connectivity index (χ4n) is 5.88. The topological polar surface area (TPSA) is 74.8 Å². The van der Waals surface area contributed by atoms with E-state index < -0.39 is 0 Å². The molecule has 0 radical (unpaired) electrons. The maximum Gasteiger partial charge on any atom is 0.222 e. The number of hydrogen-bond acceptors (Lipinski definition) is 4. The Kier molecular flexibility index (Phi) is 11.2. The minimum absolute atomic E-state index is 0.0250. The largest absolute Gasteiger partial charge is 0.343 e. The van der Waals surface area contributed by atoms with Crippen molar-refractivity contribution >= 4 is 23.4 Å². The number of carbonyl (C=O) groups is 4. The van der Waals surface area contributed by atoms with Crippen LogP contribution in [0.3, 0.4) is 0 Å². The van der Waals surface area contributed by atoms with Crippen molar-refractivity contribution in [2.24, 2.45) is 11.8 Å². The highest BCUT2D eigenvalue weighted by Crippen LogP contribution is 2.24. The number of amides is 2. The Balaban J connectivity index is 1.03. The van der Waals surface area contributed by atoms with E-state index in [0.717, 1.165) is 32.1 Å². The number of unbranched alkanes of at least 4 members (excludes halogenated alkanes) is 4. The number of likely N-dealkylation sites (tertiary alicyclic amines) is 2. The molecule has 0 atom stereocenters. The van der Waals surface area contributed by atoms with E-state index in [2.05, 4.69) is 0 Å². The molecule has 220 valence electrons. The van der Waals surface area contributed by atoms with Crippen LogP contribution in [0.5, 0.6) is 0 Å². The van der Waals surface area contributed by atoms with Crippen molar-refractivity contribution in [1.82, 2.24) is 9.80 Å². The molecule has 2 saturated heterocycles. The molecule has 0 aliphatic carbocycles. The van der Waals surface area contributed by atoms with Gasteiger partial charge in [-0.1, -0.05) is 19.3 Å². The number of hydrogen-bond donors (Lipinski definition) is 0. The Morgan fingerprint density at radius 2 is 0.854 bits per heavy atom. The van der Waals surface area contributed by atoms with Crippen molar-refractivity contribution < 1.29 is 28.0 Å². The van der Waals surface area contributed by atoms with Gasteiger partial charge in [0.2, 0.25) is 11.8 Å². The van der Waals surface area contributed by atoms with Gasteiger partial charge in [-0.3, -0.25) is 19.2 Å². The third-order valence-electron chi connectivity index (χ3n) is 8.48. The summed E-state index contributed by atoms with van der Waals surface area (Å²) in [7, 11) is 0. The molecule has 2 aromatic rings. The van der Waals surface area contributed by atoms with Gasteiger partial charge in [-0.25, -0.2) is 8.78 Å². The molecule has 2 aliphatic rings. The van der Waals surface area contributed by atoms with E-state index in [1.165, 1.54) is 48.5 Å². The van der Waals surface area contributed by atoms with Gasteiger partial charge in [0, 0.05) is 62.0 Å². The molecule has 4 rings (SSSR count). The van der Waals surface area contributed by atoms with Crippen molar-refractivity contribution in [1.29, 1.82) is 0 Å². The molecule has 2 fully saturated rings. The highest BCUT2D eigenvalue weighted by atomic mass is 19.1. The second-order valence-corrected chi connectivity index (χ2v) is 11.3. The summed E-state index contributed by atoms with van der Waals surface area (Å²) >= 11 is 0. The Morgan fingerprint density at radius 3 is 1.20 bits per heavy atom. The average molecular weight is 567 g/mol. The number of nitrogens with zero attached hydrogens (tertiary/aromatic N) is 2. The first kappa shape index (κ1) is 30.5. The fraction of sp³-hybridized carbons (Fsp3) is 0.515. The number of halogens is 2. The van der Waals surface area contributed by atoms with E-state index in [1.807, 2.05) is 9.80 Å². The van der Waals surface area contributed by atoms with Gasteiger partial charge < -0.3 is 9.80 Å². The van der Waals surface area contributed by atoms with Crippen molar-refractivity contribution in [2.75, 3.05) is 26.2 Å². The van der Waals surface area contributed by atoms with Crippen LogP contribution in [0.4, 0.5) is 8.78 Å². The highest BCUT2D eigenvalue weighted by molar-refractivity contribution is 5.98. The van der Waals surface area contributed by atoms with Crippen molar-refractivity contribution in [2.45, 2.75) is 70.6 Å². The number of carbonyl (C=O) groups excluding carboxylic acids is 4. The lowest BCUT2D eigenvalue weighted by molar-refractivity contribution is -0.133. The number of Topliss-reactive ketones (excluding diaryl/α,β-unsaturated/α-hetero) is 2. The van der Waals surface area contributed by atoms with E-state index in [1.54, 1.807) is 0 Å². The Hall–Kier alpha value is -3.42. The molecule has 0 unspecified atom stereocenters. The molecule has 2 heterocycles. The molecule has 41 heavy (non-hydrogen) atoms. The lowest BCUT2D eigenvalue weighted by Gasteiger charge is -2.31. The molecule has 0 aromatic heterocycles. The van der Waals surface area contributed by atoms with E-state index in [0.29, 0.717) is 75.8 Å². The number of ketones is 2. The summed E-state index contributed by atoms with van der Waals surface area (Å²) in [4.78, 5) is 54.2. The monoisotopic (exact) mass is 566 g/mol. The quantitative estimate of drug-likeness (QED) is 0.225. The molecule has 0 bridgehead atoms. The van der Waals surface area contributed by atoms with E-state index in [9.17, 15) is 28.0 Å². The fourth-order valence-corrected chi connectivity index (χ4v) is 5.88. The van der Waals surface area contributed by atoms with Gasteiger partial charge >= 0.3 is 0 Å². The Labute approximate surface area is 241 Å². The van der Waals surface area contributed by atoms with E-state index in [4.69, 9.17) is 0 Å². The van der Waals surface area contributed by atoms with Gasteiger partial charge in [0.15, 0.2) is 11.6 Å². The molecule has 0 spiro atoms. The molecule has 8 heteroatoms. The second-order valence-electron chi connectivity index (χ2n) is 11.3. The lowest BCUT2D eigenvalue weighted by Crippen LogP contribution is -2.40. The SMILES string of the molecule is O=C(c1ccc(F)cc1)C1CCN(C(=O)CCCCCCCC(=O)N2CCC(C(=O)c3ccc(F)cc3)CC2)CC1. The second kappa shape index (κ2) is 15.0.